The molecule has 2 aromatic carbocycles. The number of halogens is 1. The minimum atomic E-state index is -0.326. The first-order chi connectivity index (χ1) is 10.1. The van der Waals surface area contributed by atoms with Gasteiger partial charge in [0.15, 0.2) is 0 Å². The molecule has 0 amide bonds. The summed E-state index contributed by atoms with van der Waals surface area (Å²) in [6.45, 7) is 2.73. The fourth-order valence-corrected chi connectivity index (χ4v) is 2.10. The van der Waals surface area contributed by atoms with Crippen LogP contribution in [0, 0.1) is 24.1 Å². The minimum absolute atomic E-state index is 0.326. The number of rotatable bonds is 5. The maximum absolute atomic E-state index is 13.5. The standard InChI is InChI=1S/C17H17FN2O/c1-12-6-14(10-20)2-3-15(12)11-21-17-8-13(4-5-19)7-16(18)9-17/h2-3,6-9H,4-5,11,19H2,1H3. The Morgan fingerprint density at radius 2 is 2.05 bits per heavy atom. The summed E-state index contributed by atoms with van der Waals surface area (Å²) in [5, 5.41) is 8.84. The van der Waals surface area contributed by atoms with E-state index in [-0.39, 0.29) is 5.82 Å². The predicted molar refractivity (Wildman–Crippen MR) is 79.4 cm³/mol. The van der Waals surface area contributed by atoms with E-state index in [1.807, 2.05) is 19.1 Å². The van der Waals surface area contributed by atoms with E-state index < -0.39 is 0 Å². The van der Waals surface area contributed by atoms with Crippen LogP contribution in [0.3, 0.4) is 0 Å². The van der Waals surface area contributed by atoms with Crippen molar-refractivity contribution >= 4 is 0 Å². The Labute approximate surface area is 123 Å². The summed E-state index contributed by atoms with van der Waals surface area (Å²) in [7, 11) is 0. The molecule has 4 heteroatoms. The molecule has 0 atom stereocenters. The van der Waals surface area contributed by atoms with Crippen LogP contribution in [-0.4, -0.2) is 6.54 Å². The van der Waals surface area contributed by atoms with Crippen molar-refractivity contribution < 1.29 is 9.13 Å². The van der Waals surface area contributed by atoms with Crippen molar-refractivity contribution in [2.75, 3.05) is 6.54 Å². The molecule has 0 fully saturated rings. The number of benzene rings is 2. The van der Waals surface area contributed by atoms with Gasteiger partial charge in [-0.05, 0) is 60.8 Å². The molecule has 0 aliphatic rings. The Morgan fingerprint density at radius 3 is 2.71 bits per heavy atom. The Morgan fingerprint density at radius 1 is 1.24 bits per heavy atom. The summed E-state index contributed by atoms with van der Waals surface area (Å²) >= 11 is 0. The lowest BCUT2D eigenvalue weighted by molar-refractivity contribution is 0.303. The van der Waals surface area contributed by atoms with E-state index in [0.29, 0.717) is 30.9 Å². The van der Waals surface area contributed by atoms with Crippen molar-refractivity contribution in [3.63, 3.8) is 0 Å². The zero-order valence-corrected chi connectivity index (χ0v) is 11.9. The van der Waals surface area contributed by atoms with E-state index in [0.717, 1.165) is 16.7 Å². The van der Waals surface area contributed by atoms with Crippen molar-refractivity contribution in [3.05, 3.63) is 64.5 Å². The first kappa shape index (κ1) is 15.0. The molecule has 0 aromatic heterocycles. The van der Waals surface area contributed by atoms with Crippen molar-refractivity contribution in [2.24, 2.45) is 5.73 Å². The van der Waals surface area contributed by atoms with Gasteiger partial charge < -0.3 is 10.5 Å². The zero-order chi connectivity index (χ0) is 15.2. The van der Waals surface area contributed by atoms with Crippen LogP contribution >= 0.6 is 0 Å². The van der Waals surface area contributed by atoms with Crippen LogP contribution in [-0.2, 0) is 13.0 Å². The van der Waals surface area contributed by atoms with Crippen LogP contribution in [0.4, 0.5) is 4.39 Å². The van der Waals surface area contributed by atoms with Gasteiger partial charge in [0.25, 0.3) is 0 Å². The third-order valence-electron chi connectivity index (χ3n) is 3.23. The van der Waals surface area contributed by atoms with Crippen LogP contribution in [0.15, 0.2) is 36.4 Å². The summed E-state index contributed by atoms with van der Waals surface area (Å²) in [5.41, 5.74) is 8.87. The lowest BCUT2D eigenvalue weighted by Crippen LogP contribution is -2.04. The highest BCUT2D eigenvalue weighted by molar-refractivity contribution is 5.37. The quantitative estimate of drug-likeness (QED) is 0.917. The molecule has 21 heavy (non-hydrogen) atoms. The van der Waals surface area contributed by atoms with Gasteiger partial charge in [-0.25, -0.2) is 4.39 Å². The first-order valence-corrected chi connectivity index (χ1v) is 6.74. The highest BCUT2D eigenvalue weighted by Gasteiger charge is 2.04. The molecule has 2 rings (SSSR count). The maximum atomic E-state index is 13.5. The Balaban J connectivity index is 2.11. The minimum Gasteiger partial charge on any atom is -0.489 e. The molecule has 0 spiro atoms. The average molecular weight is 284 g/mol. The maximum Gasteiger partial charge on any atom is 0.127 e. The van der Waals surface area contributed by atoms with E-state index in [4.69, 9.17) is 15.7 Å². The van der Waals surface area contributed by atoms with Crippen LogP contribution < -0.4 is 10.5 Å². The molecular formula is C17H17FN2O. The number of hydrogen-bond acceptors (Lipinski definition) is 3. The summed E-state index contributed by atoms with van der Waals surface area (Å²) in [6.07, 6.45) is 0.615. The van der Waals surface area contributed by atoms with Gasteiger partial charge in [0.05, 0.1) is 11.6 Å². The summed E-state index contributed by atoms with van der Waals surface area (Å²) in [5.74, 6) is 0.162. The van der Waals surface area contributed by atoms with Crippen molar-refractivity contribution in [2.45, 2.75) is 20.0 Å². The molecule has 0 bridgehead atoms. The molecule has 0 saturated heterocycles. The van der Waals surface area contributed by atoms with Gasteiger partial charge >= 0.3 is 0 Å². The number of hydrogen-bond donors (Lipinski definition) is 1. The highest BCUT2D eigenvalue weighted by atomic mass is 19.1. The Kier molecular flexibility index (Phi) is 4.91. The Hall–Kier alpha value is -2.38. The molecule has 0 saturated carbocycles. The summed E-state index contributed by atoms with van der Waals surface area (Å²) in [6, 6.07) is 12.1. The zero-order valence-electron chi connectivity index (χ0n) is 11.9. The SMILES string of the molecule is Cc1cc(C#N)ccc1COc1cc(F)cc(CCN)c1. The third kappa shape index (κ3) is 4.04. The first-order valence-electron chi connectivity index (χ1n) is 6.74. The number of aryl methyl sites for hydroxylation is 1. The topological polar surface area (TPSA) is 59.0 Å². The molecule has 0 unspecified atom stereocenters. The second-order valence-corrected chi connectivity index (χ2v) is 4.88. The van der Waals surface area contributed by atoms with Gasteiger partial charge in [0.1, 0.15) is 18.2 Å². The van der Waals surface area contributed by atoms with Gasteiger partial charge in [-0.2, -0.15) is 5.26 Å². The highest BCUT2D eigenvalue weighted by Crippen LogP contribution is 2.19. The van der Waals surface area contributed by atoms with E-state index in [1.165, 1.54) is 12.1 Å². The van der Waals surface area contributed by atoms with Crippen molar-refractivity contribution in [1.29, 1.82) is 5.26 Å². The van der Waals surface area contributed by atoms with E-state index in [1.54, 1.807) is 12.1 Å². The molecule has 2 aromatic rings. The van der Waals surface area contributed by atoms with E-state index >= 15 is 0 Å². The molecule has 108 valence electrons. The van der Waals surface area contributed by atoms with Crippen molar-refractivity contribution in [1.82, 2.24) is 0 Å². The second kappa shape index (κ2) is 6.87. The van der Waals surface area contributed by atoms with E-state index in [2.05, 4.69) is 6.07 Å². The molecule has 0 radical (unpaired) electrons. The van der Waals surface area contributed by atoms with Gasteiger partial charge in [-0.3, -0.25) is 0 Å². The van der Waals surface area contributed by atoms with Crippen LogP contribution in [0.1, 0.15) is 22.3 Å². The van der Waals surface area contributed by atoms with Crippen molar-refractivity contribution in [3.8, 4) is 11.8 Å². The lowest BCUT2D eigenvalue weighted by atomic mass is 10.1. The predicted octanol–water partition coefficient (Wildman–Crippen LogP) is 3.09. The lowest BCUT2D eigenvalue weighted by Gasteiger charge is -2.10. The van der Waals surface area contributed by atoms with Crippen LogP contribution in [0.5, 0.6) is 5.75 Å². The number of nitrogens with two attached hydrogens (primary N) is 1. The number of nitrogens with zero attached hydrogens (tertiary/aromatic N) is 1. The normalized spacial score (nSPS) is 10.2. The van der Waals surface area contributed by atoms with Crippen LogP contribution in [0.25, 0.3) is 0 Å². The summed E-state index contributed by atoms with van der Waals surface area (Å²) in [4.78, 5) is 0. The fraction of sp³-hybridized carbons (Fsp3) is 0.235. The molecule has 0 aliphatic heterocycles. The van der Waals surface area contributed by atoms with Gasteiger partial charge in [0.2, 0.25) is 0 Å². The van der Waals surface area contributed by atoms with Gasteiger partial charge in [0, 0.05) is 6.07 Å². The van der Waals surface area contributed by atoms with Gasteiger partial charge in [-0.15, -0.1) is 0 Å². The van der Waals surface area contributed by atoms with E-state index in [9.17, 15) is 4.39 Å². The second-order valence-electron chi connectivity index (χ2n) is 4.88. The molecule has 0 heterocycles. The smallest absolute Gasteiger partial charge is 0.127 e. The summed E-state index contributed by atoms with van der Waals surface area (Å²) < 4.78 is 19.1. The largest absolute Gasteiger partial charge is 0.489 e. The number of nitriles is 1. The third-order valence-corrected chi connectivity index (χ3v) is 3.23. The van der Waals surface area contributed by atoms with Crippen LogP contribution in [0.2, 0.25) is 0 Å². The van der Waals surface area contributed by atoms with Gasteiger partial charge in [-0.1, -0.05) is 6.07 Å². The average Bonchev–Trinajstić information content (AvgIpc) is 2.45. The molecule has 0 aliphatic carbocycles. The fourth-order valence-electron chi connectivity index (χ4n) is 2.10. The monoisotopic (exact) mass is 284 g/mol. The number of ether oxygens (including phenoxy) is 1. The molecule has 3 nitrogen and oxygen atoms in total. The molecule has 2 N–H and O–H groups in total. The Bertz CT molecular complexity index is 677. The molecular weight excluding hydrogens is 267 g/mol.